The monoisotopic (exact) mass is 546 g/mol. The van der Waals surface area contributed by atoms with Crippen molar-refractivity contribution < 1.29 is 10.2 Å². The zero-order valence-corrected chi connectivity index (χ0v) is 25.7. The van der Waals surface area contributed by atoms with Crippen molar-refractivity contribution in [1.82, 2.24) is 10.6 Å². The summed E-state index contributed by atoms with van der Waals surface area (Å²) >= 11 is 0. The van der Waals surface area contributed by atoms with E-state index in [4.69, 9.17) is 0 Å². The second-order valence-electron chi connectivity index (χ2n) is 16.1. The molecule has 12 unspecified atom stereocenters. The number of piperidine rings is 1. The quantitative estimate of drug-likeness (QED) is 0.309. The van der Waals surface area contributed by atoms with Crippen molar-refractivity contribution in [2.45, 2.75) is 128 Å². The number of allylic oxidation sites excluding steroid dienone is 4. The van der Waals surface area contributed by atoms with E-state index in [9.17, 15) is 10.2 Å². The van der Waals surface area contributed by atoms with Crippen LogP contribution in [-0.4, -0.2) is 46.1 Å². The van der Waals surface area contributed by atoms with Gasteiger partial charge in [-0.15, -0.1) is 0 Å². The molecular weight excluding hydrogens is 492 g/mol. The Morgan fingerprint density at radius 2 is 1.93 bits per heavy atom. The Kier molecular flexibility index (Phi) is 6.32. The molecule has 12 atom stereocenters. The van der Waals surface area contributed by atoms with E-state index < -0.39 is 0 Å². The molecule has 1 spiro atoms. The number of aliphatic hydroxyl groups is 2. The van der Waals surface area contributed by atoms with E-state index in [1.54, 1.807) is 11.1 Å². The fraction of sp³-hybridized carbons (Fsp3) is 0.778. The van der Waals surface area contributed by atoms with Crippen LogP contribution in [0.1, 0.15) is 98.8 Å². The highest BCUT2D eigenvalue weighted by Gasteiger charge is 2.73. The molecule has 0 radical (unpaired) electrons. The molecule has 0 aromatic rings. The van der Waals surface area contributed by atoms with Gasteiger partial charge in [-0.05, 0) is 132 Å². The first-order valence-electron chi connectivity index (χ1n) is 16.6. The van der Waals surface area contributed by atoms with Gasteiger partial charge in [-0.25, -0.2) is 0 Å². The zero-order chi connectivity index (χ0) is 28.2. The standard InChI is InChI=1S/C36H54N2O2/c1-21(2)24-7-9-33(5)19-28(13-22(3)29(33)15-24)35-10-8-26-17-27-14-25-16-31(37-20-23(4)39)32(40)18-30(25)36(27,12-11-35)34(26,6)38-35/h11-13,23-27,30-32,37-40H,1,7-10,14-20H2,2-6H3. The topological polar surface area (TPSA) is 64.5 Å². The summed E-state index contributed by atoms with van der Waals surface area (Å²) < 4.78 is 0. The minimum absolute atomic E-state index is 0.0287. The maximum atomic E-state index is 11.3. The summed E-state index contributed by atoms with van der Waals surface area (Å²) in [6.07, 6.45) is 19.2. The van der Waals surface area contributed by atoms with E-state index >= 15 is 0 Å². The highest BCUT2D eigenvalue weighted by Crippen LogP contribution is 2.73. The fourth-order valence-corrected chi connectivity index (χ4v) is 11.9. The van der Waals surface area contributed by atoms with Crippen LogP contribution in [0.5, 0.6) is 0 Å². The normalized spacial score (nSPS) is 51.6. The lowest BCUT2D eigenvalue weighted by Gasteiger charge is -2.62. The van der Waals surface area contributed by atoms with E-state index in [0.29, 0.717) is 30.2 Å². The van der Waals surface area contributed by atoms with Crippen molar-refractivity contribution in [1.29, 1.82) is 0 Å². The lowest BCUT2D eigenvalue weighted by atomic mass is 9.51. The van der Waals surface area contributed by atoms with Crippen LogP contribution in [0, 0.1) is 40.4 Å². The van der Waals surface area contributed by atoms with Crippen LogP contribution in [0.3, 0.4) is 0 Å². The highest BCUT2D eigenvalue weighted by molar-refractivity contribution is 5.49. The molecular formula is C36H54N2O2. The van der Waals surface area contributed by atoms with Gasteiger partial charge in [0.2, 0.25) is 0 Å². The summed E-state index contributed by atoms with van der Waals surface area (Å²) in [6, 6.07) is 0.109. The van der Waals surface area contributed by atoms with Crippen LogP contribution in [-0.2, 0) is 0 Å². The maximum absolute atomic E-state index is 11.3. The van der Waals surface area contributed by atoms with Crippen molar-refractivity contribution in [3.8, 4) is 0 Å². The third-order valence-electron chi connectivity index (χ3n) is 13.9. The average molecular weight is 547 g/mol. The Morgan fingerprint density at radius 1 is 1.12 bits per heavy atom. The molecule has 4 N–H and O–H groups in total. The van der Waals surface area contributed by atoms with Crippen LogP contribution in [0.25, 0.3) is 0 Å². The second kappa shape index (κ2) is 9.15. The van der Waals surface area contributed by atoms with Crippen molar-refractivity contribution in [3.05, 3.63) is 47.1 Å². The van der Waals surface area contributed by atoms with E-state index in [0.717, 1.165) is 18.8 Å². The zero-order valence-electron chi connectivity index (χ0n) is 25.7. The van der Waals surface area contributed by atoms with Gasteiger partial charge in [0.25, 0.3) is 0 Å². The SMILES string of the molecule is C=C(C)C1CCC2(C)CC(C34C=CC56C(CC7CC(NCC(C)O)C(O)CC75)CC(CC3)C6(C)N4)=CC(C)=C2C1. The number of aliphatic hydroxyl groups excluding tert-OH is 2. The first kappa shape index (κ1) is 27.6. The summed E-state index contributed by atoms with van der Waals surface area (Å²) in [5, 5.41) is 29.1. The summed E-state index contributed by atoms with van der Waals surface area (Å²) in [5.74, 6) is 3.27. The van der Waals surface area contributed by atoms with Gasteiger partial charge in [0, 0.05) is 23.5 Å². The third kappa shape index (κ3) is 3.71. The van der Waals surface area contributed by atoms with Crippen LogP contribution < -0.4 is 10.6 Å². The molecule has 7 aliphatic rings. The second-order valence-corrected chi connectivity index (χ2v) is 16.1. The Labute approximate surface area is 242 Å². The molecule has 4 nitrogen and oxygen atoms in total. The van der Waals surface area contributed by atoms with Crippen LogP contribution in [0.2, 0.25) is 0 Å². The van der Waals surface area contributed by atoms with E-state index in [2.05, 4.69) is 63.1 Å². The number of rotatable bonds is 5. The highest BCUT2D eigenvalue weighted by atomic mass is 16.3. The van der Waals surface area contributed by atoms with Gasteiger partial charge in [0.1, 0.15) is 0 Å². The predicted molar refractivity (Wildman–Crippen MR) is 163 cm³/mol. The van der Waals surface area contributed by atoms with Gasteiger partial charge >= 0.3 is 0 Å². The van der Waals surface area contributed by atoms with Crippen molar-refractivity contribution >= 4 is 0 Å². The molecule has 2 aliphatic heterocycles. The molecule has 4 heteroatoms. The van der Waals surface area contributed by atoms with E-state index in [1.807, 2.05) is 6.92 Å². The van der Waals surface area contributed by atoms with Crippen molar-refractivity contribution in [2.24, 2.45) is 40.4 Å². The van der Waals surface area contributed by atoms with Crippen molar-refractivity contribution in [2.75, 3.05) is 6.54 Å². The number of nitrogens with one attached hydrogen (secondary N) is 2. The molecule has 0 amide bonds. The van der Waals surface area contributed by atoms with Crippen molar-refractivity contribution in [3.63, 3.8) is 0 Å². The molecule has 1 saturated heterocycles. The van der Waals surface area contributed by atoms with E-state index in [1.165, 1.54) is 62.5 Å². The molecule has 5 fully saturated rings. The molecule has 220 valence electrons. The number of hydrogen-bond acceptors (Lipinski definition) is 4. The largest absolute Gasteiger partial charge is 0.392 e. The van der Waals surface area contributed by atoms with Gasteiger partial charge in [-0.2, -0.15) is 0 Å². The lowest BCUT2D eigenvalue weighted by molar-refractivity contribution is -0.0359. The summed E-state index contributed by atoms with van der Waals surface area (Å²) in [4.78, 5) is 0. The molecule has 7 rings (SSSR count). The van der Waals surface area contributed by atoms with Gasteiger partial charge < -0.3 is 15.5 Å². The average Bonchev–Trinajstić information content (AvgIpc) is 3.35. The first-order valence-corrected chi connectivity index (χ1v) is 16.6. The maximum Gasteiger partial charge on any atom is 0.0696 e. The Hall–Kier alpha value is -1.20. The summed E-state index contributed by atoms with van der Waals surface area (Å²) in [7, 11) is 0. The molecule has 40 heavy (non-hydrogen) atoms. The number of hydrogen-bond donors (Lipinski definition) is 4. The number of fused-ring (bicyclic) bond motifs is 3. The van der Waals surface area contributed by atoms with Gasteiger partial charge in [-0.1, -0.05) is 48.5 Å². The smallest absolute Gasteiger partial charge is 0.0696 e. The van der Waals surface area contributed by atoms with Gasteiger partial charge in [0.15, 0.2) is 0 Å². The minimum Gasteiger partial charge on any atom is -0.392 e. The van der Waals surface area contributed by atoms with E-state index in [-0.39, 0.29) is 40.2 Å². The lowest BCUT2D eigenvalue weighted by Crippen LogP contribution is -2.72. The first-order chi connectivity index (χ1) is 18.9. The molecule has 4 saturated carbocycles. The van der Waals surface area contributed by atoms with Gasteiger partial charge in [0.05, 0.1) is 17.7 Å². The Bertz CT molecular complexity index is 1180. The summed E-state index contributed by atoms with van der Waals surface area (Å²) in [6.45, 7) is 16.4. The third-order valence-corrected chi connectivity index (χ3v) is 13.9. The molecule has 2 bridgehead atoms. The summed E-state index contributed by atoms with van der Waals surface area (Å²) in [5.41, 5.74) is 6.67. The van der Waals surface area contributed by atoms with Gasteiger partial charge in [-0.3, -0.25) is 5.32 Å². The van der Waals surface area contributed by atoms with Crippen LogP contribution in [0.4, 0.5) is 0 Å². The Morgan fingerprint density at radius 3 is 2.67 bits per heavy atom. The molecule has 2 heterocycles. The Balaban J connectivity index is 1.22. The van der Waals surface area contributed by atoms with Crippen LogP contribution in [0.15, 0.2) is 47.1 Å². The fourth-order valence-electron chi connectivity index (χ4n) is 11.9. The minimum atomic E-state index is -0.376. The molecule has 5 aliphatic carbocycles. The molecule has 0 aromatic heterocycles. The predicted octanol–water partition coefficient (Wildman–Crippen LogP) is 6.22. The van der Waals surface area contributed by atoms with Crippen LogP contribution >= 0.6 is 0 Å². The molecule has 0 aromatic carbocycles.